The fourth-order valence-corrected chi connectivity index (χ4v) is 1.14. The quantitative estimate of drug-likeness (QED) is 0.561. The minimum Gasteiger partial charge on any atom is -0.302 e. The molecule has 11 heavy (non-hydrogen) atoms. The Morgan fingerprint density at radius 2 is 2.45 bits per heavy atom. The highest BCUT2D eigenvalue weighted by molar-refractivity contribution is 5.71. The molecule has 1 aliphatic rings. The molecule has 1 saturated carbocycles. The molecule has 0 atom stereocenters. The second-order valence-corrected chi connectivity index (χ2v) is 3.05. The number of aldehydes is 1. The van der Waals surface area contributed by atoms with Crippen LogP contribution in [0.25, 0.3) is 0 Å². The molecule has 1 aliphatic carbocycles. The summed E-state index contributed by atoms with van der Waals surface area (Å²) in [6.07, 6.45) is 4.64. The first kappa shape index (κ1) is 6.52. The molecule has 0 aliphatic heterocycles. The number of carbonyl (C=O) groups is 1. The third kappa shape index (κ3) is 0.859. The number of nitrogens with zero attached hydrogens (tertiary/aromatic N) is 3. The molecule has 0 unspecified atom stereocenters. The van der Waals surface area contributed by atoms with Gasteiger partial charge in [-0.25, -0.2) is 0 Å². The van der Waals surface area contributed by atoms with E-state index in [1.54, 1.807) is 17.9 Å². The second kappa shape index (κ2) is 1.90. The lowest BCUT2D eigenvalue weighted by Gasteiger charge is -1.97. The van der Waals surface area contributed by atoms with Crippen molar-refractivity contribution in [3.63, 3.8) is 0 Å². The molecule has 0 bridgehead atoms. The average molecular weight is 151 g/mol. The lowest BCUT2D eigenvalue weighted by atomic mass is 10.1. The molecule has 58 valence electrons. The first-order valence-electron chi connectivity index (χ1n) is 3.60. The van der Waals surface area contributed by atoms with Crippen LogP contribution in [0.3, 0.4) is 0 Å². The fourth-order valence-electron chi connectivity index (χ4n) is 1.14. The van der Waals surface area contributed by atoms with Crippen LogP contribution in [0.4, 0.5) is 0 Å². The van der Waals surface area contributed by atoms with Gasteiger partial charge in [-0.3, -0.25) is 4.68 Å². The highest BCUT2D eigenvalue weighted by Gasteiger charge is 2.46. The number of aromatic nitrogens is 3. The van der Waals surface area contributed by atoms with Gasteiger partial charge >= 0.3 is 0 Å². The highest BCUT2D eigenvalue weighted by atomic mass is 16.1. The van der Waals surface area contributed by atoms with Crippen molar-refractivity contribution in [2.75, 3.05) is 0 Å². The van der Waals surface area contributed by atoms with Gasteiger partial charge in [0.15, 0.2) is 0 Å². The Morgan fingerprint density at radius 3 is 2.82 bits per heavy atom. The van der Waals surface area contributed by atoms with Crippen LogP contribution in [0, 0.1) is 0 Å². The number of hydrogen-bond donors (Lipinski definition) is 0. The van der Waals surface area contributed by atoms with Crippen molar-refractivity contribution in [1.82, 2.24) is 15.0 Å². The maximum atomic E-state index is 10.6. The zero-order chi connectivity index (χ0) is 7.90. The lowest BCUT2D eigenvalue weighted by molar-refractivity contribution is -0.109. The van der Waals surface area contributed by atoms with Gasteiger partial charge in [-0.1, -0.05) is 5.21 Å². The zero-order valence-electron chi connectivity index (χ0n) is 6.32. The number of rotatable bonds is 2. The number of carbonyl (C=O) groups excluding carboxylic acids is 1. The van der Waals surface area contributed by atoms with E-state index >= 15 is 0 Å². The van der Waals surface area contributed by atoms with Crippen LogP contribution in [-0.2, 0) is 17.3 Å². The van der Waals surface area contributed by atoms with Crippen molar-refractivity contribution < 1.29 is 4.79 Å². The minimum absolute atomic E-state index is 0.270. The van der Waals surface area contributed by atoms with Crippen molar-refractivity contribution in [2.45, 2.75) is 18.3 Å². The predicted octanol–water partition coefficient (Wildman–Crippen LogP) is 0.0456. The molecule has 0 saturated heterocycles. The summed E-state index contributed by atoms with van der Waals surface area (Å²) in [4.78, 5) is 10.6. The van der Waals surface area contributed by atoms with E-state index in [1.807, 2.05) is 0 Å². The second-order valence-electron chi connectivity index (χ2n) is 3.05. The van der Waals surface area contributed by atoms with Crippen molar-refractivity contribution in [1.29, 1.82) is 0 Å². The molecule has 0 radical (unpaired) electrons. The topological polar surface area (TPSA) is 47.8 Å². The monoisotopic (exact) mass is 151 g/mol. The summed E-state index contributed by atoms with van der Waals surface area (Å²) >= 11 is 0. The van der Waals surface area contributed by atoms with E-state index in [9.17, 15) is 4.79 Å². The average Bonchev–Trinajstić information content (AvgIpc) is 2.70. The van der Waals surface area contributed by atoms with Gasteiger partial charge in [-0.2, -0.15) is 0 Å². The summed E-state index contributed by atoms with van der Waals surface area (Å²) in [5.74, 6) is 0. The highest BCUT2D eigenvalue weighted by Crippen LogP contribution is 2.44. The van der Waals surface area contributed by atoms with Crippen LogP contribution in [-0.4, -0.2) is 21.3 Å². The first-order chi connectivity index (χ1) is 5.27. The fraction of sp³-hybridized carbons (Fsp3) is 0.571. The van der Waals surface area contributed by atoms with Crippen LogP contribution in [0.5, 0.6) is 0 Å². The van der Waals surface area contributed by atoms with E-state index in [-0.39, 0.29) is 5.41 Å². The van der Waals surface area contributed by atoms with Crippen molar-refractivity contribution in [3.8, 4) is 0 Å². The van der Waals surface area contributed by atoms with Gasteiger partial charge in [0.05, 0.1) is 11.1 Å². The van der Waals surface area contributed by atoms with Gasteiger partial charge in [-0.05, 0) is 12.8 Å². The minimum atomic E-state index is -0.270. The Morgan fingerprint density at radius 1 is 1.73 bits per heavy atom. The maximum Gasteiger partial charge on any atom is 0.132 e. The van der Waals surface area contributed by atoms with Gasteiger partial charge in [0, 0.05) is 13.2 Å². The molecule has 0 spiro atoms. The molecule has 0 aromatic carbocycles. The molecule has 1 heterocycles. The molecule has 4 nitrogen and oxygen atoms in total. The van der Waals surface area contributed by atoms with Gasteiger partial charge in [0.25, 0.3) is 0 Å². The van der Waals surface area contributed by atoms with Crippen LogP contribution < -0.4 is 0 Å². The summed E-state index contributed by atoms with van der Waals surface area (Å²) in [5, 5.41) is 7.68. The Balaban J connectivity index is 2.36. The van der Waals surface area contributed by atoms with E-state index in [4.69, 9.17) is 0 Å². The van der Waals surface area contributed by atoms with E-state index < -0.39 is 0 Å². The van der Waals surface area contributed by atoms with Crippen molar-refractivity contribution in [2.24, 2.45) is 7.05 Å². The van der Waals surface area contributed by atoms with E-state index in [1.165, 1.54) is 0 Å². The van der Waals surface area contributed by atoms with Crippen molar-refractivity contribution >= 4 is 6.29 Å². The standard InChI is InChI=1S/C7H9N3O/c1-10-4-6(8-9-10)7(5-11)2-3-7/h4-5H,2-3H2,1H3. The number of aryl methyl sites for hydroxylation is 1. The van der Waals surface area contributed by atoms with E-state index in [0.717, 1.165) is 24.8 Å². The molecular formula is C7H9N3O. The van der Waals surface area contributed by atoms with Gasteiger partial charge < -0.3 is 4.79 Å². The van der Waals surface area contributed by atoms with E-state index in [2.05, 4.69) is 10.3 Å². The summed E-state index contributed by atoms with van der Waals surface area (Å²) in [5.41, 5.74) is 0.545. The van der Waals surface area contributed by atoms with Gasteiger partial charge in [0.2, 0.25) is 0 Å². The maximum absolute atomic E-state index is 10.6. The van der Waals surface area contributed by atoms with Crippen molar-refractivity contribution in [3.05, 3.63) is 11.9 Å². The normalized spacial score (nSPS) is 19.7. The first-order valence-corrected chi connectivity index (χ1v) is 3.60. The van der Waals surface area contributed by atoms with Crippen LogP contribution in [0.1, 0.15) is 18.5 Å². The Hall–Kier alpha value is -1.19. The molecule has 1 aromatic rings. The molecule has 1 aromatic heterocycles. The van der Waals surface area contributed by atoms with Crippen LogP contribution >= 0.6 is 0 Å². The smallest absolute Gasteiger partial charge is 0.132 e. The largest absolute Gasteiger partial charge is 0.302 e. The van der Waals surface area contributed by atoms with Crippen LogP contribution in [0.2, 0.25) is 0 Å². The summed E-state index contributed by atoms with van der Waals surface area (Å²) in [7, 11) is 1.80. The summed E-state index contributed by atoms with van der Waals surface area (Å²) < 4.78 is 1.62. The number of hydrogen-bond acceptors (Lipinski definition) is 3. The van der Waals surface area contributed by atoms with Crippen LogP contribution in [0.15, 0.2) is 6.20 Å². The van der Waals surface area contributed by atoms with Gasteiger partial charge in [-0.15, -0.1) is 5.10 Å². The zero-order valence-corrected chi connectivity index (χ0v) is 6.32. The van der Waals surface area contributed by atoms with E-state index in [0.29, 0.717) is 0 Å². The SMILES string of the molecule is Cn1cc(C2(C=O)CC2)nn1. The lowest BCUT2D eigenvalue weighted by Crippen LogP contribution is -2.07. The predicted molar refractivity (Wildman–Crippen MR) is 38.0 cm³/mol. The third-order valence-electron chi connectivity index (χ3n) is 2.13. The molecule has 4 heteroatoms. The Labute approximate surface area is 64.2 Å². The molecule has 1 fully saturated rings. The third-order valence-corrected chi connectivity index (χ3v) is 2.13. The Bertz CT molecular complexity index is 288. The molecule has 0 amide bonds. The summed E-state index contributed by atoms with van der Waals surface area (Å²) in [6.45, 7) is 0. The molecule has 2 rings (SSSR count). The summed E-state index contributed by atoms with van der Waals surface area (Å²) in [6, 6.07) is 0. The molecular weight excluding hydrogens is 142 g/mol. The Kier molecular flexibility index (Phi) is 1.13. The molecule has 0 N–H and O–H groups in total. The van der Waals surface area contributed by atoms with Gasteiger partial charge in [0.1, 0.15) is 6.29 Å².